The minimum absolute atomic E-state index is 0.0486. The van der Waals surface area contributed by atoms with Gasteiger partial charge < -0.3 is 22.1 Å². The quantitative estimate of drug-likeness (QED) is 0.475. The third-order valence-electron chi connectivity index (χ3n) is 4.04. The van der Waals surface area contributed by atoms with Gasteiger partial charge in [-0.15, -0.1) is 10.2 Å². The molecule has 0 fully saturated rings. The first-order chi connectivity index (χ1) is 13.3. The summed E-state index contributed by atoms with van der Waals surface area (Å²) in [6.45, 7) is 3.66. The van der Waals surface area contributed by atoms with E-state index in [1.165, 1.54) is 0 Å². The Bertz CT molecular complexity index is 1040. The Hall–Kier alpha value is -3.82. The van der Waals surface area contributed by atoms with Crippen molar-refractivity contribution in [3.05, 3.63) is 42.2 Å². The molecule has 10 heteroatoms. The molecule has 0 saturated carbocycles. The lowest BCUT2D eigenvalue weighted by Gasteiger charge is -2.19. The van der Waals surface area contributed by atoms with Gasteiger partial charge in [-0.1, -0.05) is 19.9 Å². The van der Waals surface area contributed by atoms with Crippen LogP contribution in [0, 0.1) is 5.92 Å². The minimum atomic E-state index is -0.785. The van der Waals surface area contributed by atoms with Crippen molar-refractivity contribution in [1.82, 2.24) is 20.2 Å². The zero-order valence-electron chi connectivity index (χ0n) is 15.4. The first-order valence-corrected chi connectivity index (χ1v) is 8.57. The van der Waals surface area contributed by atoms with Crippen LogP contribution in [0.1, 0.15) is 24.3 Å². The zero-order valence-corrected chi connectivity index (χ0v) is 15.4. The van der Waals surface area contributed by atoms with Crippen LogP contribution in [0.2, 0.25) is 0 Å². The number of hydrogen-bond donors (Lipinski definition) is 4. The van der Waals surface area contributed by atoms with Crippen LogP contribution in [-0.4, -0.2) is 38.0 Å². The summed E-state index contributed by atoms with van der Waals surface area (Å²) in [6, 6.07) is 8.51. The van der Waals surface area contributed by atoms with E-state index in [1.54, 1.807) is 12.3 Å². The lowest BCUT2D eigenvalue weighted by Crippen LogP contribution is -2.40. The predicted octanol–water partition coefficient (Wildman–Crippen LogP) is 1.18. The molecule has 1 atom stereocenters. The molecule has 3 aromatic rings. The number of hydrogen-bond acceptors (Lipinski definition) is 8. The van der Waals surface area contributed by atoms with E-state index in [0.29, 0.717) is 5.69 Å². The number of pyridine rings is 1. The fourth-order valence-electron chi connectivity index (χ4n) is 2.64. The predicted molar refractivity (Wildman–Crippen MR) is 105 cm³/mol. The SMILES string of the molecule is CC(C)[C@@H](Nc1nnc(C(N)=O)c(Nc2ccc3ncccc3c2)n1)C(N)=O. The molecule has 1 aromatic carbocycles. The Morgan fingerprint density at radius 3 is 2.57 bits per heavy atom. The molecule has 0 aliphatic carbocycles. The molecule has 2 amide bonds. The maximum atomic E-state index is 11.7. The first-order valence-electron chi connectivity index (χ1n) is 8.57. The average Bonchev–Trinajstić information content (AvgIpc) is 2.65. The van der Waals surface area contributed by atoms with Crippen molar-refractivity contribution >= 4 is 40.2 Å². The lowest BCUT2D eigenvalue weighted by atomic mass is 10.0. The third kappa shape index (κ3) is 4.11. The highest BCUT2D eigenvalue weighted by Gasteiger charge is 2.22. The third-order valence-corrected chi connectivity index (χ3v) is 4.04. The molecule has 6 N–H and O–H groups in total. The van der Waals surface area contributed by atoms with Crippen molar-refractivity contribution in [3.63, 3.8) is 0 Å². The van der Waals surface area contributed by atoms with E-state index >= 15 is 0 Å². The monoisotopic (exact) mass is 380 g/mol. The molecule has 2 aromatic heterocycles. The Morgan fingerprint density at radius 2 is 1.89 bits per heavy atom. The molecule has 10 nitrogen and oxygen atoms in total. The van der Waals surface area contributed by atoms with Crippen LogP contribution in [-0.2, 0) is 4.79 Å². The number of primary amides is 2. The number of benzene rings is 1. The van der Waals surface area contributed by atoms with Crippen LogP contribution in [0.25, 0.3) is 10.9 Å². The van der Waals surface area contributed by atoms with E-state index in [-0.39, 0.29) is 23.4 Å². The highest BCUT2D eigenvalue weighted by molar-refractivity contribution is 5.96. The summed E-state index contributed by atoms with van der Waals surface area (Å²) >= 11 is 0. The van der Waals surface area contributed by atoms with Crippen LogP contribution in [0.15, 0.2) is 36.5 Å². The minimum Gasteiger partial charge on any atom is -0.368 e. The number of rotatable bonds is 7. The number of anilines is 3. The van der Waals surface area contributed by atoms with Crippen molar-refractivity contribution < 1.29 is 9.59 Å². The Balaban J connectivity index is 1.95. The fraction of sp³-hybridized carbons (Fsp3) is 0.222. The number of fused-ring (bicyclic) bond motifs is 1. The van der Waals surface area contributed by atoms with Gasteiger partial charge in [-0.25, -0.2) is 0 Å². The summed E-state index contributed by atoms with van der Waals surface area (Å²) in [7, 11) is 0. The smallest absolute Gasteiger partial charge is 0.273 e. The summed E-state index contributed by atoms with van der Waals surface area (Å²) in [5, 5.41) is 14.4. The number of aromatic nitrogens is 4. The zero-order chi connectivity index (χ0) is 20.3. The summed E-state index contributed by atoms with van der Waals surface area (Å²) in [5.74, 6) is -1.27. The number of carbonyl (C=O) groups excluding carboxylic acids is 2. The number of amides is 2. The van der Waals surface area contributed by atoms with Crippen molar-refractivity contribution in [2.45, 2.75) is 19.9 Å². The molecule has 0 unspecified atom stereocenters. The van der Waals surface area contributed by atoms with Gasteiger partial charge in [0, 0.05) is 17.3 Å². The molecule has 0 bridgehead atoms. The van der Waals surface area contributed by atoms with Gasteiger partial charge in [0.05, 0.1) is 5.52 Å². The highest BCUT2D eigenvalue weighted by Crippen LogP contribution is 2.22. The van der Waals surface area contributed by atoms with Crippen molar-refractivity contribution in [1.29, 1.82) is 0 Å². The number of nitrogens with one attached hydrogen (secondary N) is 2. The second-order valence-corrected chi connectivity index (χ2v) is 6.50. The van der Waals surface area contributed by atoms with E-state index in [1.807, 2.05) is 38.1 Å². The van der Waals surface area contributed by atoms with Crippen LogP contribution < -0.4 is 22.1 Å². The van der Waals surface area contributed by atoms with E-state index in [2.05, 4.69) is 30.8 Å². The van der Waals surface area contributed by atoms with Gasteiger partial charge in [-0.2, -0.15) is 4.98 Å². The van der Waals surface area contributed by atoms with Gasteiger partial charge in [0.2, 0.25) is 11.9 Å². The van der Waals surface area contributed by atoms with Crippen molar-refractivity contribution in [2.24, 2.45) is 17.4 Å². The lowest BCUT2D eigenvalue weighted by molar-refractivity contribution is -0.119. The summed E-state index contributed by atoms with van der Waals surface area (Å²) < 4.78 is 0. The van der Waals surface area contributed by atoms with Crippen molar-refractivity contribution in [2.75, 3.05) is 10.6 Å². The second-order valence-electron chi connectivity index (χ2n) is 6.50. The Labute approximate surface area is 160 Å². The Morgan fingerprint density at radius 1 is 1.11 bits per heavy atom. The molecule has 0 spiro atoms. The van der Waals surface area contributed by atoms with E-state index in [9.17, 15) is 9.59 Å². The van der Waals surface area contributed by atoms with Crippen LogP contribution >= 0.6 is 0 Å². The second kappa shape index (κ2) is 7.82. The summed E-state index contributed by atoms with van der Waals surface area (Å²) in [5.41, 5.74) is 12.1. The molecule has 28 heavy (non-hydrogen) atoms. The van der Waals surface area contributed by atoms with E-state index < -0.39 is 17.9 Å². The molecule has 0 aliphatic rings. The molecular formula is C18H20N8O2. The van der Waals surface area contributed by atoms with Gasteiger partial charge in [-0.05, 0) is 30.2 Å². The molecule has 2 heterocycles. The number of nitrogens with two attached hydrogens (primary N) is 2. The van der Waals surface area contributed by atoms with Crippen molar-refractivity contribution in [3.8, 4) is 0 Å². The van der Waals surface area contributed by atoms with Gasteiger partial charge in [0.15, 0.2) is 11.5 Å². The number of carbonyl (C=O) groups is 2. The topological polar surface area (TPSA) is 162 Å². The van der Waals surface area contributed by atoms with Crippen LogP contribution in [0.4, 0.5) is 17.5 Å². The molecule has 3 rings (SSSR count). The molecule has 0 aliphatic heterocycles. The normalized spacial score (nSPS) is 12.0. The summed E-state index contributed by atoms with van der Waals surface area (Å²) in [6.07, 6.45) is 1.71. The first kappa shape index (κ1) is 19.0. The average molecular weight is 380 g/mol. The maximum absolute atomic E-state index is 11.7. The van der Waals surface area contributed by atoms with Crippen LogP contribution in [0.3, 0.4) is 0 Å². The standard InChI is InChI=1S/C18H20N8O2/c1-9(2)13(15(19)27)23-18-24-17(14(16(20)28)25-26-18)22-11-5-6-12-10(8-11)4-3-7-21-12/h3-9,13H,1-2H3,(H2,19,27)(H2,20,28)(H2,22,23,24,26)/t13-/m1/s1. The van der Waals surface area contributed by atoms with Gasteiger partial charge in [0.1, 0.15) is 6.04 Å². The van der Waals surface area contributed by atoms with Gasteiger partial charge >= 0.3 is 0 Å². The molecule has 0 radical (unpaired) electrons. The molecular weight excluding hydrogens is 360 g/mol. The Kier molecular flexibility index (Phi) is 5.30. The maximum Gasteiger partial charge on any atom is 0.273 e. The highest BCUT2D eigenvalue weighted by atomic mass is 16.1. The number of nitrogens with zero attached hydrogens (tertiary/aromatic N) is 4. The van der Waals surface area contributed by atoms with E-state index in [4.69, 9.17) is 11.5 Å². The van der Waals surface area contributed by atoms with Gasteiger partial charge in [0.25, 0.3) is 5.91 Å². The fourth-order valence-corrected chi connectivity index (χ4v) is 2.64. The van der Waals surface area contributed by atoms with Crippen LogP contribution in [0.5, 0.6) is 0 Å². The largest absolute Gasteiger partial charge is 0.368 e. The molecule has 144 valence electrons. The van der Waals surface area contributed by atoms with E-state index in [0.717, 1.165) is 10.9 Å². The van der Waals surface area contributed by atoms with Gasteiger partial charge in [-0.3, -0.25) is 14.6 Å². The summed E-state index contributed by atoms with van der Waals surface area (Å²) in [4.78, 5) is 31.8. The molecule has 0 saturated heterocycles.